The van der Waals surface area contributed by atoms with Crippen molar-refractivity contribution in [3.63, 3.8) is 0 Å². The second-order valence-electron chi connectivity index (χ2n) is 8.90. The number of ether oxygens (including phenoxy) is 1. The van der Waals surface area contributed by atoms with E-state index < -0.39 is 11.9 Å². The van der Waals surface area contributed by atoms with Crippen molar-refractivity contribution >= 4 is 16.7 Å². The topological polar surface area (TPSA) is 89.5 Å². The van der Waals surface area contributed by atoms with Crippen LogP contribution in [-0.4, -0.2) is 42.3 Å². The second kappa shape index (κ2) is 8.90. The third-order valence-electron chi connectivity index (χ3n) is 6.44. The van der Waals surface area contributed by atoms with E-state index >= 15 is 0 Å². The molecule has 0 aliphatic heterocycles. The Kier molecular flexibility index (Phi) is 5.89. The zero-order valence-corrected chi connectivity index (χ0v) is 19.8. The number of rotatable bonds is 6. The standard InChI is InChI=1S/C23H27F3N8O/c1-4-27-20-9-18-17(11-28-20)21(14-10-29-32(2)13-14)31-34(18)15-5-7-16(8-6-15)35-19-12-30-33(3)22(19)23(24,25)26/h9-13,15-16H,4-8H2,1-3H3,(H,27,28,31)/p+1. The molecule has 0 amide bonds. The van der Waals surface area contributed by atoms with Crippen LogP contribution in [0.5, 0.6) is 5.75 Å². The summed E-state index contributed by atoms with van der Waals surface area (Å²) in [5.41, 5.74) is 1.89. The average molecular weight is 490 g/mol. The van der Waals surface area contributed by atoms with Crippen molar-refractivity contribution < 1.29 is 22.6 Å². The maximum Gasteiger partial charge on any atom is 0.483 e. The molecule has 0 atom stereocenters. The van der Waals surface area contributed by atoms with Gasteiger partial charge < -0.3 is 10.1 Å². The lowest BCUT2D eigenvalue weighted by molar-refractivity contribution is -0.743. The molecule has 1 aliphatic rings. The highest BCUT2D eigenvalue weighted by Gasteiger charge is 2.46. The molecule has 4 heterocycles. The number of hydrogen-bond donors (Lipinski definition) is 2. The van der Waals surface area contributed by atoms with E-state index in [9.17, 15) is 13.2 Å². The molecule has 0 spiro atoms. The molecule has 4 aromatic heterocycles. The van der Waals surface area contributed by atoms with Gasteiger partial charge in [0.1, 0.15) is 17.7 Å². The molecule has 0 bridgehead atoms. The van der Waals surface area contributed by atoms with Crippen LogP contribution in [0.15, 0.2) is 30.9 Å². The molecule has 0 unspecified atom stereocenters. The number of H-pyrrole nitrogens is 1. The van der Waals surface area contributed by atoms with Crippen molar-refractivity contribution in [2.75, 3.05) is 11.9 Å². The van der Waals surface area contributed by atoms with Crippen molar-refractivity contribution in [1.82, 2.24) is 29.6 Å². The van der Waals surface area contributed by atoms with Gasteiger partial charge in [-0.3, -0.25) is 9.36 Å². The number of aryl methyl sites for hydroxylation is 2. The van der Waals surface area contributed by atoms with Crippen LogP contribution in [0.3, 0.4) is 0 Å². The lowest BCUT2D eigenvalue weighted by atomic mass is 9.93. The van der Waals surface area contributed by atoms with E-state index in [0.717, 1.165) is 52.0 Å². The molecular formula is C23H28F3N8O+. The first-order valence-corrected chi connectivity index (χ1v) is 11.7. The van der Waals surface area contributed by atoms with E-state index in [4.69, 9.17) is 9.84 Å². The number of halogens is 3. The van der Waals surface area contributed by atoms with Gasteiger partial charge in [0, 0.05) is 43.0 Å². The fraction of sp³-hybridized carbons (Fsp3) is 0.478. The number of aromatic nitrogens is 7. The van der Waals surface area contributed by atoms with Crippen LogP contribution >= 0.6 is 0 Å². The first kappa shape index (κ1) is 23.2. The van der Waals surface area contributed by atoms with Gasteiger partial charge in [-0.1, -0.05) is 0 Å². The molecule has 35 heavy (non-hydrogen) atoms. The lowest BCUT2D eigenvalue weighted by Gasteiger charge is -2.29. The predicted octanol–water partition coefficient (Wildman–Crippen LogP) is 4.00. The summed E-state index contributed by atoms with van der Waals surface area (Å²) in [5, 5.41) is 16.0. The van der Waals surface area contributed by atoms with E-state index in [-0.39, 0.29) is 17.9 Å². The summed E-state index contributed by atoms with van der Waals surface area (Å²) < 4.78 is 50.7. The van der Waals surface area contributed by atoms with Crippen LogP contribution < -0.4 is 14.7 Å². The summed E-state index contributed by atoms with van der Waals surface area (Å²) in [6, 6.07) is 2.10. The number of alkyl halides is 3. The highest BCUT2D eigenvalue weighted by Crippen LogP contribution is 2.38. The SMILES string of the molecule is CCNc1cc2c(cn1)c(-c1cnn(C)c1)nn2C1CCC(Oc2c[nH][n+](C)c2C(F)(F)F)CC1. The average Bonchev–Trinajstić information content (AvgIpc) is 3.51. The van der Waals surface area contributed by atoms with Gasteiger partial charge in [0.15, 0.2) is 7.05 Å². The van der Waals surface area contributed by atoms with Gasteiger partial charge in [-0.25, -0.2) is 4.98 Å². The van der Waals surface area contributed by atoms with Gasteiger partial charge in [-0.15, -0.1) is 4.68 Å². The van der Waals surface area contributed by atoms with Crippen LogP contribution in [-0.2, 0) is 20.3 Å². The van der Waals surface area contributed by atoms with Gasteiger partial charge in [-0.2, -0.15) is 28.5 Å². The van der Waals surface area contributed by atoms with E-state index in [1.807, 2.05) is 37.1 Å². The molecule has 0 aromatic carbocycles. The number of nitrogens with zero attached hydrogens (tertiary/aromatic N) is 6. The number of anilines is 1. The van der Waals surface area contributed by atoms with Crippen molar-refractivity contribution in [1.29, 1.82) is 0 Å². The maximum absolute atomic E-state index is 13.4. The van der Waals surface area contributed by atoms with Crippen LogP contribution in [0.25, 0.3) is 22.2 Å². The zero-order valence-electron chi connectivity index (χ0n) is 19.8. The van der Waals surface area contributed by atoms with E-state index in [1.54, 1.807) is 10.9 Å². The Labute approximate surface area is 199 Å². The van der Waals surface area contributed by atoms with Gasteiger partial charge in [0.05, 0.1) is 23.9 Å². The molecule has 186 valence electrons. The fourth-order valence-corrected chi connectivity index (χ4v) is 4.81. The Morgan fingerprint density at radius 1 is 1.23 bits per heavy atom. The monoisotopic (exact) mass is 489 g/mol. The number of aromatic amines is 1. The maximum atomic E-state index is 13.4. The van der Waals surface area contributed by atoms with Crippen molar-refractivity contribution in [2.24, 2.45) is 14.1 Å². The van der Waals surface area contributed by atoms with Crippen LogP contribution in [0.2, 0.25) is 0 Å². The molecule has 1 fully saturated rings. The van der Waals surface area contributed by atoms with E-state index in [2.05, 4.69) is 20.5 Å². The molecule has 9 nitrogen and oxygen atoms in total. The zero-order chi connectivity index (χ0) is 24.7. The summed E-state index contributed by atoms with van der Waals surface area (Å²) in [6.07, 6.45) is 4.77. The highest BCUT2D eigenvalue weighted by molar-refractivity contribution is 5.93. The number of pyridine rings is 1. The van der Waals surface area contributed by atoms with Crippen LogP contribution in [0.4, 0.5) is 19.0 Å². The number of fused-ring (bicyclic) bond motifs is 1. The molecule has 5 rings (SSSR count). The quantitative estimate of drug-likeness (QED) is 0.400. The Bertz CT molecular complexity index is 1330. The first-order valence-electron chi connectivity index (χ1n) is 11.7. The van der Waals surface area contributed by atoms with Gasteiger partial charge in [0.2, 0.25) is 5.75 Å². The minimum Gasteiger partial charge on any atom is -0.482 e. The minimum absolute atomic E-state index is 0.101. The Hall–Kier alpha value is -3.57. The molecule has 0 saturated heterocycles. The smallest absolute Gasteiger partial charge is 0.482 e. The summed E-state index contributed by atoms with van der Waals surface area (Å²) in [5.74, 6) is 0.615. The summed E-state index contributed by atoms with van der Waals surface area (Å²) in [4.78, 5) is 4.53. The number of nitrogens with one attached hydrogen (secondary N) is 2. The molecule has 2 N–H and O–H groups in total. The molecule has 12 heteroatoms. The molecular weight excluding hydrogens is 461 g/mol. The van der Waals surface area contributed by atoms with Gasteiger partial charge in [-0.05, 0) is 32.6 Å². The second-order valence-corrected chi connectivity index (χ2v) is 8.90. The summed E-state index contributed by atoms with van der Waals surface area (Å²) in [6.45, 7) is 2.77. The van der Waals surface area contributed by atoms with Crippen LogP contribution in [0, 0.1) is 0 Å². The predicted molar refractivity (Wildman–Crippen MR) is 123 cm³/mol. The van der Waals surface area contributed by atoms with Crippen LogP contribution in [0.1, 0.15) is 44.3 Å². The summed E-state index contributed by atoms with van der Waals surface area (Å²) >= 11 is 0. The molecule has 1 aliphatic carbocycles. The molecule has 4 aromatic rings. The summed E-state index contributed by atoms with van der Waals surface area (Å²) in [7, 11) is 3.19. The first-order chi connectivity index (χ1) is 16.7. The third-order valence-corrected chi connectivity index (χ3v) is 6.44. The van der Waals surface area contributed by atoms with E-state index in [1.165, 1.54) is 13.2 Å². The molecule has 1 saturated carbocycles. The van der Waals surface area contributed by atoms with E-state index in [0.29, 0.717) is 12.8 Å². The van der Waals surface area contributed by atoms with Crippen molar-refractivity contribution in [2.45, 2.75) is 50.9 Å². The van der Waals surface area contributed by atoms with Crippen molar-refractivity contribution in [3.8, 4) is 17.0 Å². The normalized spacial score (nSPS) is 18.8. The lowest BCUT2D eigenvalue weighted by Crippen LogP contribution is -2.38. The largest absolute Gasteiger partial charge is 0.483 e. The number of hydrogen-bond acceptors (Lipinski definition) is 5. The van der Waals surface area contributed by atoms with Gasteiger partial charge >= 0.3 is 11.9 Å². The Morgan fingerprint density at radius 3 is 2.66 bits per heavy atom. The Balaban J connectivity index is 1.39. The Morgan fingerprint density at radius 2 is 2.00 bits per heavy atom. The highest BCUT2D eigenvalue weighted by atomic mass is 19.4. The van der Waals surface area contributed by atoms with Gasteiger partial charge in [0.25, 0.3) is 0 Å². The minimum atomic E-state index is -4.49. The van der Waals surface area contributed by atoms with Crippen molar-refractivity contribution in [3.05, 3.63) is 36.5 Å². The fourth-order valence-electron chi connectivity index (χ4n) is 4.81. The third kappa shape index (κ3) is 4.44. The molecule has 0 radical (unpaired) electrons.